The van der Waals surface area contributed by atoms with Gasteiger partial charge in [-0.25, -0.2) is 0 Å². The number of morpholine rings is 1. The van der Waals surface area contributed by atoms with Gasteiger partial charge in [-0.15, -0.1) is 0 Å². The standard InChI is InChI=1S/C8H14NO4/c10-3-6-12-8-13-7-9-1-4-11-5-2-9/h3,7H,1-2,4-6,8H2. The fourth-order valence-electron chi connectivity index (χ4n) is 0.963. The second kappa shape index (κ2) is 6.97. The number of rotatable bonds is 6. The van der Waals surface area contributed by atoms with E-state index in [-0.39, 0.29) is 13.4 Å². The number of nitrogens with zero attached hydrogens (tertiary/aromatic N) is 1. The smallest absolute Gasteiger partial charge is 0.153 e. The molecule has 0 aromatic heterocycles. The van der Waals surface area contributed by atoms with Crippen molar-refractivity contribution in [1.29, 1.82) is 0 Å². The first kappa shape index (κ1) is 10.6. The van der Waals surface area contributed by atoms with Crippen molar-refractivity contribution in [3.8, 4) is 0 Å². The van der Waals surface area contributed by atoms with Crippen LogP contribution >= 0.6 is 0 Å². The van der Waals surface area contributed by atoms with Crippen molar-refractivity contribution in [2.24, 2.45) is 0 Å². The molecule has 1 rings (SSSR count). The summed E-state index contributed by atoms with van der Waals surface area (Å²) < 4.78 is 15.0. The Morgan fingerprint density at radius 3 is 2.85 bits per heavy atom. The normalized spacial score (nSPS) is 18.8. The Hall–Kier alpha value is -0.490. The van der Waals surface area contributed by atoms with Gasteiger partial charge in [0.25, 0.3) is 0 Å². The number of aldehydes is 1. The Morgan fingerprint density at radius 2 is 2.15 bits per heavy atom. The molecule has 0 bridgehead atoms. The lowest BCUT2D eigenvalue weighted by Crippen LogP contribution is -2.35. The third-order valence-electron chi connectivity index (χ3n) is 1.61. The molecule has 1 aliphatic rings. The van der Waals surface area contributed by atoms with Crippen LogP contribution in [0.3, 0.4) is 0 Å². The zero-order valence-electron chi connectivity index (χ0n) is 7.48. The monoisotopic (exact) mass is 188 g/mol. The lowest BCUT2D eigenvalue weighted by molar-refractivity contribution is -0.118. The predicted octanol–water partition coefficient (Wildman–Crippen LogP) is -0.373. The quantitative estimate of drug-likeness (QED) is 0.323. The van der Waals surface area contributed by atoms with Gasteiger partial charge in [0.1, 0.15) is 19.7 Å². The lowest BCUT2D eigenvalue weighted by atomic mass is 10.5. The molecule has 1 radical (unpaired) electrons. The molecule has 0 unspecified atom stereocenters. The average Bonchev–Trinajstić information content (AvgIpc) is 2.19. The summed E-state index contributed by atoms with van der Waals surface area (Å²) in [7, 11) is 0. The zero-order chi connectivity index (χ0) is 9.36. The largest absolute Gasteiger partial charge is 0.379 e. The Kier molecular flexibility index (Phi) is 5.67. The van der Waals surface area contributed by atoms with E-state index in [4.69, 9.17) is 14.2 Å². The minimum atomic E-state index is 0.0803. The molecule has 0 amide bonds. The van der Waals surface area contributed by atoms with Crippen LogP contribution in [0.4, 0.5) is 0 Å². The number of hydrogen-bond acceptors (Lipinski definition) is 5. The molecule has 0 N–H and O–H groups in total. The first-order valence-corrected chi connectivity index (χ1v) is 4.21. The molecule has 1 fully saturated rings. The van der Waals surface area contributed by atoms with E-state index in [9.17, 15) is 4.79 Å². The van der Waals surface area contributed by atoms with E-state index >= 15 is 0 Å². The zero-order valence-corrected chi connectivity index (χ0v) is 7.48. The second-order valence-corrected chi connectivity index (χ2v) is 2.58. The maximum absolute atomic E-state index is 9.85. The highest BCUT2D eigenvalue weighted by atomic mass is 16.7. The van der Waals surface area contributed by atoms with Crippen LogP contribution in [-0.4, -0.2) is 50.9 Å². The van der Waals surface area contributed by atoms with E-state index in [1.165, 1.54) is 0 Å². The maximum Gasteiger partial charge on any atom is 0.153 e. The molecule has 13 heavy (non-hydrogen) atoms. The van der Waals surface area contributed by atoms with Crippen LogP contribution in [-0.2, 0) is 19.0 Å². The van der Waals surface area contributed by atoms with Gasteiger partial charge in [0, 0.05) is 13.1 Å². The maximum atomic E-state index is 9.85. The molecule has 1 heterocycles. The van der Waals surface area contributed by atoms with Gasteiger partial charge < -0.3 is 19.0 Å². The van der Waals surface area contributed by atoms with Crippen LogP contribution in [0.1, 0.15) is 0 Å². The molecule has 75 valence electrons. The summed E-state index contributed by atoms with van der Waals surface area (Å²) in [5.74, 6) is 0. The molecule has 5 heteroatoms. The summed E-state index contributed by atoms with van der Waals surface area (Å²) in [5, 5.41) is 0. The molecule has 0 aromatic rings. The van der Waals surface area contributed by atoms with Crippen LogP contribution in [0.15, 0.2) is 0 Å². The van der Waals surface area contributed by atoms with Gasteiger partial charge in [-0.2, -0.15) is 0 Å². The molecule has 0 spiro atoms. The molecule has 0 atom stereocenters. The first-order chi connectivity index (χ1) is 6.43. The van der Waals surface area contributed by atoms with E-state index in [1.807, 2.05) is 4.90 Å². The van der Waals surface area contributed by atoms with Crippen LogP contribution in [0.5, 0.6) is 0 Å². The van der Waals surface area contributed by atoms with Crippen LogP contribution in [0.2, 0.25) is 0 Å². The molecule has 1 saturated heterocycles. The van der Waals surface area contributed by atoms with Crippen molar-refractivity contribution in [2.45, 2.75) is 0 Å². The average molecular weight is 188 g/mol. The second-order valence-electron chi connectivity index (χ2n) is 2.58. The highest BCUT2D eigenvalue weighted by molar-refractivity contribution is 5.50. The Balaban J connectivity index is 1.89. The van der Waals surface area contributed by atoms with Crippen molar-refractivity contribution in [2.75, 3.05) is 39.7 Å². The number of carbonyl (C=O) groups is 1. The van der Waals surface area contributed by atoms with Gasteiger partial charge in [-0.3, -0.25) is 4.90 Å². The molecular formula is C8H14NO4. The molecule has 0 aromatic carbocycles. The summed E-state index contributed by atoms with van der Waals surface area (Å²) >= 11 is 0. The molecule has 5 nitrogen and oxygen atoms in total. The van der Waals surface area contributed by atoms with Gasteiger partial charge in [0.05, 0.1) is 13.2 Å². The highest BCUT2D eigenvalue weighted by Gasteiger charge is 2.09. The van der Waals surface area contributed by atoms with Gasteiger partial charge in [-0.1, -0.05) is 0 Å². The fourth-order valence-corrected chi connectivity index (χ4v) is 0.963. The summed E-state index contributed by atoms with van der Waals surface area (Å²) in [6.07, 6.45) is 0.693. The van der Waals surface area contributed by atoms with E-state index < -0.39 is 0 Å². The molecular weight excluding hydrogens is 174 g/mol. The Morgan fingerprint density at radius 1 is 1.38 bits per heavy atom. The van der Waals surface area contributed by atoms with Crippen molar-refractivity contribution < 1.29 is 19.0 Å². The summed E-state index contributed by atoms with van der Waals surface area (Å²) in [6.45, 7) is 4.96. The number of hydrogen-bond donors (Lipinski definition) is 0. The number of ether oxygens (including phenoxy) is 3. The number of carbonyl (C=O) groups excluding carboxylic acids is 1. The Labute approximate surface area is 77.6 Å². The van der Waals surface area contributed by atoms with Gasteiger partial charge in [-0.05, 0) is 0 Å². The van der Waals surface area contributed by atoms with E-state index in [0.717, 1.165) is 26.3 Å². The van der Waals surface area contributed by atoms with E-state index in [2.05, 4.69) is 0 Å². The van der Waals surface area contributed by atoms with Crippen LogP contribution in [0.25, 0.3) is 0 Å². The minimum absolute atomic E-state index is 0.0803. The van der Waals surface area contributed by atoms with Crippen molar-refractivity contribution >= 4 is 6.29 Å². The fraction of sp³-hybridized carbons (Fsp3) is 0.750. The molecule has 1 aliphatic heterocycles. The van der Waals surface area contributed by atoms with Crippen LogP contribution in [0, 0.1) is 6.73 Å². The summed E-state index contributed by atoms with van der Waals surface area (Å²) in [5.41, 5.74) is 0. The predicted molar refractivity (Wildman–Crippen MR) is 44.7 cm³/mol. The first-order valence-electron chi connectivity index (χ1n) is 4.21. The van der Waals surface area contributed by atoms with E-state index in [0.29, 0.717) is 6.29 Å². The summed E-state index contributed by atoms with van der Waals surface area (Å²) in [6, 6.07) is 0. The topological polar surface area (TPSA) is 48.0 Å². The highest BCUT2D eigenvalue weighted by Crippen LogP contribution is 1.99. The molecule has 0 aliphatic carbocycles. The van der Waals surface area contributed by atoms with Gasteiger partial charge >= 0.3 is 0 Å². The third kappa shape index (κ3) is 4.94. The van der Waals surface area contributed by atoms with Crippen LogP contribution < -0.4 is 0 Å². The summed E-state index contributed by atoms with van der Waals surface area (Å²) in [4.78, 5) is 11.9. The lowest BCUT2D eigenvalue weighted by Gasteiger charge is -2.25. The van der Waals surface area contributed by atoms with Crippen molar-refractivity contribution in [1.82, 2.24) is 4.90 Å². The van der Waals surface area contributed by atoms with Gasteiger partial charge in [0.15, 0.2) is 6.73 Å². The SMILES string of the molecule is O=CCOCO[CH]N1CCOCC1. The third-order valence-corrected chi connectivity index (χ3v) is 1.61. The Bertz CT molecular complexity index is 136. The van der Waals surface area contributed by atoms with Crippen molar-refractivity contribution in [3.05, 3.63) is 6.73 Å². The van der Waals surface area contributed by atoms with E-state index in [1.54, 1.807) is 6.73 Å². The van der Waals surface area contributed by atoms with Gasteiger partial charge in [0.2, 0.25) is 0 Å². The molecule has 0 saturated carbocycles. The van der Waals surface area contributed by atoms with Crippen molar-refractivity contribution in [3.63, 3.8) is 0 Å². The minimum Gasteiger partial charge on any atom is -0.379 e.